The van der Waals surface area contributed by atoms with Gasteiger partial charge in [-0.25, -0.2) is 16.8 Å². The topological polar surface area (TPSA) is 101 Å². The molecular weight excluding hydrogens is 432 g/mol. The van der Waals surface area contributed by atoms with Crippen LogP contribution in [0.5, 0.6) is 0 Å². The molecular formula is C16H17ClN2O5S3. The number of carbonyl (C=O) groups is 1. The molecule has 11 heteroatoms. The Balaban J connectivity index is 1.78. The molecule has 1 fully saturated rings. The number of benzene rings is 1. The Labute approximate surface area is 166 Å². The van der Waals surface area contributed by atoms with Crippen molar-refractivity contribution < 1.29 is 21.6 Å². The fraction of sp³-hybridized carbons (Fsp3) is 0.312. The molecule has 0 aliphatic carbocycles. The molecule has 2 heterocycles. The first-order chi connectivity index (χ1) is 12.6. The zero-order valence-corrected chi connectivity index (χ0v) is 17.5. The molecule has 1 aliphatic rings. The average molecular weight is 449 g/mol. The predicted molar refractivity (Wildman–Crippen MR) is 104 cm³/mol. The van der Waals surface area contributed by atoms with Crippen molar-refractivity contribution in [1.82, 2.24) is 4.31 Å². The minimum Gasteiger partial charge on any atom is -0.325 e. The van der Waals surface area contributed by atoms with E-state index >= 15 is 0 Å². The summed E-state index contributed by atoms with van der Waals surface area (Å²) < 4.78 is 50.2. The minimum atomic E-state index is -3.80. The van der Waals surface area contributed by atoms with Crippen LogP contribution in [-0.4, -0.2) is 45.9 Å². The van der Waals surface area contributed by atoms with Crippen LogP contribution in [0.1, 0.15) is 12.8 Å². The molecule has 1 aliphatic heterocycles. The summed E-state index contributed by atoms with van der Waals surface area (Å²) in [5.41, 5.74) is 0.399. The molecule has 1 amide bonds. The monoisotopic (exact) mass is 448 g/mol. The number of anilines is 1. The Morgan fingerprint density at radius 3 is 2.37 bits per heavy atom. The molecule has 0 saturated carbocycles. The van der Waals surface area contributed by atoms with E-state index in [1.807, 2.05) is 0 Å². The van der Waals surface area contributed by atoms with Gasteiger partial charge in [-0.15, -0.1) is 11.3 Å². The van der Waals surface area contributed by atoms with E-state index < -0.39 is 31.8 Å². The molecule has 1 saturated heterocycles. The number of carbonyl (C=O) groups excluding carboxylic acids is 1. The fourth-order valence-electron chi connectivity index (χ4n) is 2.85. The molecule has 1 unspecified atom stereocenters. The van der Waals surface area contributed by atoms with Gasteiger partial charge in [-0.2, -0.15) is 4.31 Å². The standard InChI is InChI=1S/C16H17ClN2O5S3/c1-26(21,22)12-6-4-11(5-7-12)18-16(20)13-3-2-10-19(13)27(23,24)15-9-8-14(17)25-15/h4-9,13H,2-3,10H2,1H3,(H,18,20). The van der Waals surface area contributed by atoms with E-state index in [4.69, 9.17) is 11.6 Å². The smallest absolute Gasteiger partial charge is 0.253 e. The van der Waals surface area contributed by atoms with Gasteiger partial charge in [0.15, 0.2) is 9.84 Å². The number of sulfone groups is 1. The lowest BCUT2D eigenvalue weighted by atomic mass is 10.2. The van der Waals surface area contributed by atoms with Gasteiger partial charge in [0.1, 0.15) is 10.3 Å². The van der Waals surface area contributed by atoms with E-state index in [9.17, 15) is 21.6 Å². The maximum absolute atomic E-state index is 12.8. The van der Waals surface area contributed by atoms with Crippen LogP contribution in [0.15, 0.2) is 45.5 Å². The SMILES string of the molecule is CS(=O)(=O)c1ccc(NC(=O)C2CCCN2S(=O)(=O)c2ccc(Cl)s2)cc1. The second-order valence-corrected chi connectivity index (χ2v) is 12.0. The minimum absolute atomic E-state index is 0.102. The molecule has 1 aromatic heterocycles. The lowest BCUT2D eigenvalue weighted by Gasteiger charge is -2.22. The van der Waals surface area contributed by atoms with E-state index in [2.05, 4.69) is 5.32 Å². The van der Waals surface area contributed by atoms with E-state index in [0.29, 0.717) is 22.9 Å². The molecule has 0 radical (unpaired) electrons. The van der Waals surface area contributed by atoms with Gasteiger partial charge in [-0.3, -0.25) is 4.79 Å². The van der Waals surface area contributed by atoms with Gasteiger partial charge < -0.3 is 5.32 Å². The van der Waals surface area contributed by atoms with Crippen molar-refractivity contribution in [2.45, 2.75) is 28.0 Å². The summed E-state index contributed by atoms with van der Waals surface area (Å²) in [6, 6.07) is 7.84. The molecule has 2 aromatic rings. The van der Waals surface area contributed by atoms with Gasteiger partial charge in [0.05, 0.1) is 9.23 Å². The first kappa shape index (κ1) is 20.3. The predicted octanol–water partition coefficient (Wildman–Crippen LogP) is 2.60. The van der Waals surface area contributed by atoms with Crippen LogP contribution in [0, 0.1) is 0 Å². The molecule has 27 heavy (non-hydrogen) atoms. The lowest BCUT2D eigenvalue weighted by Crippen LogP contribution is -2.42. The van der Waals surface area contributed by atoms with Crippen molar-refractivity contribution >= 4 is 54.4 Å². The molecule has 0 bridgehead atoms. The summed E-state index contributed by atoms with van der Waals surface area (Å²) in [6.45, 7) is 0.253. The van der Waals surface area contributed by atoms with Gasteiger partial charge in [0.2, 0.25) is 5.91 Å². The van der Waals surface area contributed by atoms with Crippen LogP contribution in [0.25, 0.3) is 0 Å². The molecule has 1 N–H and O–H groups in total. The molecule has 1 aromatic carbocycles. The van der Waals surface area contributed by atoms with Crippen LogP contribution in [0.3, 0.4) is 0 Å². The van der Waals surface area contributed by atoms with Gasteiger partial charge in [-0.1, -0.05) is 11.6 Å². The zero-order chi connectivity index (χ0) is 19.8. The van der Waals surface area contributed by atoms with Crippen molar-refractivity contribution in [3.63, 3.8) is 0 Å². The number of halogens is 1. The quantitative estimate of drug-likeness (QED) is 0.757. The summed E-state index contributed by atoms with van der Waals surface area (Å²) in [5, 5.41) is 2.66. The maximum Gasteiger partial charge on any atom is 0.253 e. The Kier molecular flexibility index (Phi) is 5.64. The molecule has 3 rings (SSSR count). The summed E-state index contributed by atoms with van der Waals surface area (Å²) in [6.07, 6.45) is 2.08. The summed E-state index contributed by atoms with van der Waals surface area (Å²) >= 11 is 6.79. The zero-order valence-electron chi connectivity index (χ0n) is 14.3. The fourth-order valence-corrected chi connectivity index (χ4v) is 6.75. The van der Waals surface area contributed by atoms with Gasteiger partial charge in [-0.05, 0) is 49.2 Å². The first-order valence-corrected chi connectivity index (χ1v) is 12.5. The highest BCUT2D eigenvalue weighted by molar-refractivity contribution is 7.91. The van der Waals surface area contributed by atoms with E-state index in [0.717, 1.165) is 17.6 Å². The van der Waals surface area contributed by atoms with Crippen LogP contribution in [-0.2, 0) is 24.7 Å². The van der Waals surface area contributed by atoms with E-state index in [1.54, 1.807) is 0 Å². The van der Waals surface area contributed by atoms with Crippen molar-refractivity contribution in [1.29, 1.82) is 0 Å². The van der Waals surface area contributed by atoms with Gasteiger partial charge in [0, 0.05) is 18.5 Å². The molecule has 0 spiro atoms. The largest absolute Gasteiger partial charge is 0.325 e. The van der Waals surface area contributed by atoms with Crippen LogP contribution in [0.2, 0.25) is 4.34 Å². The molecule has 7 nitrogen and oxygen atoms in total. The van der Waals surface area contributed by atoms with Crippen LogP contribution >= 0.6 is 22.9 Å². The number of hydrogen-bond donors (Lipinski definition) is 1. The number of thiophene rings is 1. The third kappa shape index (κ3) is 4.35. The van der Waals surface area contributed by atoms with E-state index in [-0.39, 0.29) is 15.6 Å². The second kappa shape index (κ2) is 7.51. The lowest BCUT2D eigenvalue weighted by molar-refractivity contribution is -0.119. The highest BCUT2D eigenvalue weighted by Crippen LogP contribution is 2.32. The van der Waals surface area contributed by atoms with Crippen LogP contribution < -0.4 is 5.32 Å². The number of sulfonamides is 1. The third-order valence-corrected chi connectivity index (χ3v) is 8.90. The molecule has 146 valence electrons. The number of nitrogens with one attached hydrogen (secondary N) is 1. The first-order valence-electron chi connectivity index (χ1n) is 7.97. The number of rotatable bonds is 5. The second-order valence-electron chi connectivity index (χ2n) is 6.12. The van der Waals surface area contributed by atoms with Crippen molar-refractivity contribution in [3.8, 4) is 0 Å². The van der Waals surface area contributed by atoms with Crippen molar-refractivity contribution in [2.75, 3.05) is 18.1 Å². The Hall–Kier alpha value is -1.46. The summed E-state index contributed by atoms with van der Waals surface area (Å²) in [7, 11) is -7.13. The highest BCUT2D eigenvalue weighted by Gasteiger charge is 2.40. The average Bonchev–Trinajstić information content (AvgIpc) is 3.24. The Morgan fingerprint density at radius 1 is 1.15 bits per heavy atom. The Bertz CT molecular complexity index is 1060. The number of hydrogen-bond acceptors (Lipinski definition) is 6. The number of amides is 1. The third-order valence-electron chi connectivity index (χ3n) is 4.17. The normalized spacial score (nSPS) is 18.5. The summed E-state index contributed by atoms with van der Waals surface area (Å²) in [4.78, 5) is 12.8. The van der Waals surface area contributed by atoms with Gasteiger partial charge in [0.25, 0.3) is 10.0 Å². The number of nitrogens with zero attached hydrogens (tertiary/aromatic N) is 1. The Morgan fingerprint density at radius 2 is 1.81 bits per heavy atom. The maximum atomic E-state index is 12.8. The van der Waals surface area contributed by atoms with Crippen molar-refractivity contribution in [3.05, 3.63) is 40.7 Å². The van der Waals surface area contributed by atoms with Crippen LogP contribution in [0.4, 0.5) is 5.69 Å². The highest BCUT2D eigenvalue weighted by atomic mass is 35.5. The molecule has 1 atom stereocenters. The van der Waals surface area contributed by atoms with E-state index in [1.165, 1.54) is 40.7 Å². The van der Waals surface area contributed by atoms with Crippen molar-refractivity contribution in [2.24, 2.45) is 0 Å². The van der Waals surface area contributed by atoms with Gasteiger partial charge >= 0.3 is 0 Å². The summed E-state index contributed by atoms with van der Waals surface area (Å²) in [5.74, 6) is -0.453.